The molecule has 0 aromatic heterocycles. The number of ether oxygens (including phenoxy) is 5. The molecule has 2 aliphatic rings. The van der Waals surface area contributed by atoms with Crippen LogP contribution in [-0.2, 0) is 17.6 Å². The minimum absolute atomic E-state index is 0.204. The van der Waals surface area contributed by atoms with Crippen LogP contribution in [0.5, 0.6) is 23.0 Å². The van der Waals surface area contributed by atoms with E-state index in [4.69, 9.17) is 23.7 Å². The molecule has 0 spiro atoms. The van der Waals surface area contributed by atoms with Crippen molar-refractivity contribution in [1.29, 1.82) is 0 Å². The molecule has 4 rings (SSSR count). The minimum atomic E-state index is -0.320. The third-order valence-electron chi connectivity index (χ3n) is 5.48. The van der Waals surface area contributed by atoms with Crippen molar-refractivity contribution in [1.82, 2.24) is 4.90 Å². The summed E-state index contributed by atoms with van der Waals surface area (Å²) in [5.74, 6) is 2.72. The molecule has 2 aliphatic heterocycles. The Hall–Kier alpha value is -2.61. The number of methoxy groups -OCH3 is 2. The highest BCUT2D eigenvalue weighted by molar-refractivity contribution is 9.10. The summed E-state index contributed by atoms with van der Waals surface area (Å²) in [6.45, 7) is 2.91. The molecule has 0 bridgehead atoms. The minimum Gasteiger partial charge on any atom is -0.493 e. The zero-order chi connectivity index (χ0) is 21.3. The maximum Gasteiger partial charge on any atom is 0.410 e. The van der Waals surface area contributed by atoms with Crippen molar-refractivity contribution in [2.75, 3.05) is 34.2 Å². The number of hydrogen-bond acceptors (Lipinski definition) is 6. The van der Waals surface area contributed by atoms with Gasteiger partial charge in [-0.15, -0.1) is 0 Å². The van der Waals surface area contributed by atoms with E-state index in [9.17, 15) is 4.79 Å². The van der Waals surface area contributed by atoms with Gasteiger partial charge >= 0.3 is 6.09 Å². The third kappa shape index (κ3) is 3.64. The van der Waals surface area contributed by atoms with Crippen LogP contribution in [0.15, 0.2) is 28.7 Å². The van der Waals surface area contributed by atoms with Gasteiger partial charge in [0.1, 0.15) is 0 Å². The first-order valence-corrected chi connectivity index (χ1v) is 10.6. The van der Waals surface area contributed by atoms with E-state index in [-0.39, 0.29) is 18.9 Å². The van der Waals surface area contributed by atoms with E-state index >= 15 is 0 Å². The van der Waals surface area contributed by atoms with Crippen LogP contribution >= 0.6 is 15.9 Å². The third-order valence-corrected chi connectivity index (χ3v) is 6.35. The summed E-state index contributed by atoms with van der Waals surface area (Å²) in [6, 6.07) is 7.64. The van der Waals surface area contributed by atoms with Gasteiger partial charge in [-0.25, -0.2) is 4.79 Å². The van der Waals surface area contributed by atoms with Crippen molar-refractivity contribution >= 4 is 22.0 Å². The summed E-state index contributed by atoms with van der Waals surface area (Å²) in [5, 5.41) is 0. The molecule has 1 unspecified atom stereocenters. The lowest BCUT2D eigenvalue weighted by Crippen LogP contribution is -2.41. The predicted octanol–water partition coefficient (Wildman–Crippen LogP) is 4.49. The number of fused-ring (bicyclic) bond motifs is 2. The average Bonchev–Trinajstić information content (AvgIpc) is 3.24. The van der Waals surface area contributed by atoms with Gasteiger partial charge in [-0.3, -0.25) is 0 Å². The van der Waals surface area contributed by atoms with E-state index in [1.165, 1.54) is 0 Å². The van der Waals surface area contributed by atoms with Gasteiger partial charge in [0.2, 0.25) is 6.79 Å². The second kappa shape index (κ2) is 8.63. The van der Waals surface area contributed by atoms with Gasteiger partial charge in [-0.2, -0.15) is 0 Å². The Balaban J connectivity index is 1.76. The smallest absolute Gasteiger partial charge is 0.410 e. The van der Waals surface area contributed by atoms with E-state index in [2.05, 4.69) is 15.9 Å². The van der Waals surface area contributed by atoms with Crippen LogP contribution in [0.25, 0.3) is 0 Å². The van der Waals surface area contributed by atoms with Crippen LogP contribution in [0, 0.1) is 0 Å². The molecule has 8 heteroatoms. The summed E-state index contributed by atoms with van der Waals surface area (Å²) in [4.78, 5) is 14.5. The van der Waals surface area contributed by atoms with Gasteiger partial charge in [0.25, 0.3) is 0 Å². The van der Waals surface area contributed by atoms with Crippen LogP contribution in [0.1, 0.15) is 29.7 Å². The molecule has 0 fully saturated rings. The number of hydrogen-bond donors (Lipinski definition) is 0. The van der Waals surface area contributed by atoms with E-state index < -0.39 is 0 Å². The first-order valence-electron chi connectivity index (χ1n) is 9.82. The summed E-state index contributed by atoms with van der Waals surface area (Å²) in [7, 11) is 3.23. The SMILES string of the molecule is CCOC(=O)N1CCc2cc(OC)c(OC)cc2C1Cc1ccc2c(c1Br)OCO2. The predicted molar refractivity (Wildman–Crippen MR) is 114 cm³/mol. The standard InChI is InChI=1S/C22H24BrNO6/c1-4-28-22(25)24-8-7-13-10-18(26-2)19(27-3)11-15(13)16(24)9-14-5-6-17-21(20(14)23)30-12-29-17/h5-6,10-11,16H,4,7-9,12H2,1-3H3. The zero-order valence-electron chi connectivity index (χ0n) is 17.2. The Morgan fingerprint density at radius 3 is 2.70 bits per heavy atom. The van der Waals surface area contributed by atoms with Crippen molar-refractivity contribution in [3.63, 3.8) is 0 Å². The molecule has 7 nitrogen and oxygen atoms in total. The van der Waals surface area contributed by atoms with Crippen LogP contribution < -0.4 is 18.9 Å². The summed E-state index contributed by atoms with van der Waals surface area (Å²) < 4.78 is 28.2. The number of rotatable bonds is 5. The van der Waals surface area contributed by atoms with E-state index in [0.29, 0.717) is 49.0 Å². The molecule has 0 saturated heterocycles. The topological polar surface area (TPSA) is 66.5 Å². The summed E-state index contributed by atoms with van der Waals surface area (Å²) in [6.07, 6.45) is 0.978. The van der Waals surface area contributed by atoms with Crippen molar-refractivity contribution in [2.24, 2.45) is 0 Å². The molecule has 1 amide bonds. The Morgan fingerprint density at radius 2 is 1.97 bits per heavy atom. The Kier molecular flexibility index (Phi) is 5.94. The molecule has 2 aromatic carbocycles. The molecule has 0 saturated carbocycles. The number of carbonyl (C=O) groups is 1. The van der Waals surface area contributed by atoms with Crippen molar-refractivity contribution < 1.29 is 28.5 Å². The Bertz CT molecular complexity index is 963. The number of benzene rings is 2. The summed E-state index contributed by atoms with van der Waals surface area (Å²) in [5.41, 5.74) is 3.17. The number of halogens is 1. The molecule has 30 heavy (non-hydrogen) atoms. The maximum atomic E-state index is 12.7. The summed E-state index contributed by atoms with van der Waals surface area (Å²) >= 11 is 3.65. The number of carbonyl (C=O) groups excluding carboxylic acids is 1. The van der Waals surface area contributed by atoms with Gasteiger partial charge in [0, 0.05) is 6.54 Å². The highest BCUT2D eigenvalue weighted by Gasteiger charge is 2.34. The molecular weight excluding hydrogens is 454 g/mol. The van der Waals surface area contributed by atoms with Crippen LogP contribution in [-0.4, -0.2) is 45.2 Å². The van der Waals surface area contributed by atoms with Crippen molar-refractivity contribution in [3.8, 4) is 23.0 Å². The largest absolute Gasteiger partial charge is 0.493 e. The second-order valence-electron chi connectivity index (χ2n) is 7.04. The van der Waals surface area contributed by atoms with Gasteiger partial charge < -0.3 is 28.6 Å². The normalized spacial score (nSPS) is 16.8. The molecular formula is C22H24BrNO6. The van der Waals surface area contributed by atoms with E-state index in [1.807, 2.05) is 31.2 Å². The molecule has 2 heterocycles. The molecule has 0 aliphatic carbocycles. The van der Waals surface area contributed by atoms with Gasteiger partial charge in [0.05, 0.1) is 31.3 Å². The van der Waals surface area contributed by atoms with Gasteiger partial charge in [-0.1, -0.05) is 6.07 Å². The molecule has 1 atom stereocenters. The van der Waals surface area contributed by atoms with E-state index in [1.54, 1.807) is 19.1 Å². The lowest BCUT2D eigenvalue weighted by atomic mass is 9.88. The Morgan fingerprint density at radius 1 is 1.20 bits per heavy atom. The molecule has 0 radical (unpaired) electrons. The van der Waals surface area contributed by atoms with Crippen molar-refractivity contribution in [2.45, 2.75) is 25.8 Å². The second-order valence-corrected chi connectivity index (χ2v) is 7.83. The van der Waals surface area contributed by atoms with E-state index in [0.717, 1.165) is 21.2 Å². The fourth-order valence-electron chi connectivity index (χ4n) is 4.02. The lowest BCUT2D eigenvalue weighted by molar-refractivity contribution is 0.0863. The van der Waals surface area contributed by atoms with Crippen molar-refractivity contribution in [3.05, 3.63) is 45.4 Å². The maximum absolute atomic E-state index is 12.7. The molecule has 2 aromatic rings. The van der Waals surface area contributed by atoms with Gasteiger partial charge in [0.15, 0.2) is 23.0 Å². The molecule has 0 N–H and O–H groups in total. The highest BCUT2D eigenvalue weighted by atomic mass is 79.9. The fourth-order valence-corrected chi connectivity index (χ4v) is 4.62. The average molecular weight is 478 g/mol. The monoisotopic (exact) mass is 477 g/mol. The van der Waals surface area contributed by atoms with Crippen LogP contribution in [0.4, 0.5) is 4.79 Å². The number of nitrogens with zero attached hydrogens (tertiary/aromatic N) is 1. The first kappa shape index (κ1) is 20.7. The lowest BCUT2D eigenvalue weighted by Gasteiger charge is -2.37. The van der Waals surface area contributed by atoms with Crippen LogP contribution in [0.2, 0.25) is 0 Å². The van der Waals surface area contributed by atoms with Crippen LogP contribution in [0.3, 0.4) is 0 Å². The number of amides is 1. The highest BCUT2D eigenvalue weighted by Crippen LogP contribution is 2.44. The molecule has 160 valence electrons. The zero-order valence-corrected chi connectivity index (χ0v) is 18.8. The first-order chi connectivity index (χ1) is 14.6. The fraction of sp³-hybridized carbons (Fsp3) is 0.409. The van der Waals surface area contributed by atoms with Gasteiger partial charge in [-0.05, 0) is 70.6 Å². The Labute approximate surface area is 183 Å². The quantitative estimate of drug-likeness (QED) is 0.631.